The number of hydrogen-bond acceptors (Lipinski definition) is 2. The van der Waals surface area contributed by atoms with Crippen LogP contribution in [-0.2, 0) is 0 Å². The van der Waals surface area contributed by atoms with E-state index in [2.05, 4.69) is 13.8 Å². The molecule has 0 aliphatic heterocycles. The minimum Gasteiger partial charge on any atom is -0.396 e. The van der Waals surface area contributed by atoms with Gasteiger partial charge in [-0.25, -0.2) is 0 Å². The lowest BCUT2D eigenvalue weighted by Gasteiger charge is -2.37. The van der Waals surface area contributed by atoms with Crippen molar-refractivity contribution < 1.29 is 10.2 Å². The molecule has 1 fully saturated rings. The first-order valence-corrected chi connectivity index (χ1v) is 4.90. The molecule has 0 amide bonds. The second-order valence-corrected chi connectivity index (χ2v) is 4.31. The monoisotopic (exact) mass is 172 g/mol. The summed E-state index contributed by atoms with van der Waals surface area (Å²) in [4.78, 5) is 0. The first-order valence-electron chi connectivity index (χ1n) is 4.90. The summed E-state index contributed by atoms with van der Waals surface area (Å²) in [6.07, 6.45) is 2.14. The Morgan fingerprint density at radius 2 is 1.25 bits per heavy atom. The van der Waals surface area contributed by atoms with Gasteiger partial charge in [0.15, 0.2) is 0 Å². The number of aliphatic hydroxyl groups excluding tert-OH is 2. The molecule has 1 rings (SSSR count). The van der Waals surface area contributed by atoms with E-state index in [-0.39, 0.29) is 13.2 Å². The Kier molecular flexibility index (Phi) is 3.53. The molecule has 0 bridgehead atoms. The van der Waals surface area contributed by atoms with E-state index in [0.29, 0.717) is 23.7 Å². The molecule has 2 nitrogen and oxygen atoms in total. The predicted octanol–water partition coefficient (Wildman–Crippen LogP) is 1.27. The molecule has 2 heteroatoms. The van der Waals surface area contributed by atoms with E-state index in [1.165, 1.54) is 0 Å². The normalized spacial score (nSPS) is 43.0. The lowest BCUT2D eigenvalue weighted by molar-refractivity contribution is 0.0433. The maximum atomic E-state index is 9.09. The van der Waals surface area contributed by atoms with Crippen LogP contribution in [0.25, 0.3) is 0 Å². The molecule has 72 valence electrons. The molecule has 0 aromatic rings. The van der Waals surface area contributed by atoms with Crippen molar-refractivity contribution in [1.29, 1.82) is 0 Å². The molecule has 0 heterocycles. The Balaban J connectivity index is 2.52. The quantitative estimate of drug-likeness (QED) is 0.658. The molecule has 12 heavy (non-hydrogen) atoms. The smallest absolute Gasteiger partial charge is 0.0462 e. The summed E-state index contributed by atoms with van der Waals surface area (Å²) < 4.78 is 0. The highest BCUT2D eigenvalue weighted by Gasteiger charge is 2.31. The molecule has 1 aliphatic rings. The van der Waals surface area contributed by atoms with Crippen molar-refractivity contribution in [3.05, 3.63) is 0 Å². The average Bonchev–Trinajstić information content (AvgIpc) is 2.09. The van der Waals surface area contributed by atoms with E-state index in [0.717, 1.165) is 12.8 Å². The van der Waals surface area contributed by atoms with Crippen LogP contribution in [0.2, 0.25) is 0 Å². The highest BCUT2D eigenvalue weighted by atomic mass is 16.3. The third kappa shape index (κ3) is 1.99. The van der Waals surface area contributed by atoms with E-state index in [1.54, 1.807) is 0 Å². The van der Waals surface area contributed by atoms with Gasteiger partial charge < -0.3 is 10.2 Å². The highest BCUT2D eigenvalue weighted by Crippen LogP contribution is 2.36. The van der Waals surface area contributed by atoms with Gasteiger partial charge in [-0.15, -0.1) is 0 Å². The average molecular weight is 172 g/mol. The van der Waals surface area contributed by atoms with Crippen molar-refractivity contribution in [2.75, 3.05) is 13.2 Å². The molecule has 0 aromatic carbocycles. The van der Waals surface area contributed by atoms with Gasteiger partial charge in [0, 0.05) is 13.2 Å². The Labute approximate surface area is 74.6 Å². The van der Waals surface area contributed by atoms with Crippen LogP contribution in [0.3, 0.4) is 0 Å². The fraction of sp³-hybridized carbons (Fsp3) is 1.00. The van der Waals surface area contributed by atoms with E-state index in [1.807, 2.05) is 0 Å². The van der Waals surface area contributed by atoms with Crippen LogP contribution in [-0.4, -0.2) is 23.4 Å². The number of rotatable bonds is 2. The fourth-order valence-corrected chi connectivity index (χ4v) is 2.25. The molecule has 0 radical (unpaired) electrons. The van der Waals surface area contributed by atoms with E-state index < -0.39 is 0 Å². The van der Waals surface area contributed by atoms with Crippen molar-refractivity contribution in [1.82, 2.24) is 0 Å². The summed E-state index contributed by atoms with van der Waals surface area (Å²) in [5.41, 5.74) is 0. The molecule has 0 unspecified atom stereocenters. The van der Waals surface area contributed by atoms with Crippen LogP contribution in [0.5, 0.6) is 0 Å². The largest absolute Gasteiger partial charge is 0.396 e. The molecule has 4 atom stereocenters. The van der Waals surface area contributed by atoms with Crippen LogP contribution >= 0.6 is 0 Å². The zero-order chi connectivity index (χ0) is 9.14. The third-order valence-electron chi connectivity index (χ3n) is 3.46. The summed E-state index contributed by atoms with van der Waals surface area (Å²) in [7, 11) is 0. The molecule has 2 N–H and O–H groups in total. The minimum absolute atomic E-state index is 0.238. The third-order valence-corrected chi connectivity index (χ3v) is 3.46. The van der Waals surface area contributed by atoms with Crippen molar-refractivity contribution in [3.63, 3.8) is 0 Å². The summed E-state index contributed by atoms with van der Waals surface area (Å²) in [6, 6.07) is 0. The topological polar surface area (TPSA) is 40.5 Å². The minimum atomic E-state index is 0.238. The highest BCUT2D eigenvalue weighted by molar-refractivity contribution is 4.81. The fourth-order valence-electron chi connectivity index (χ4n) is 2.25. The number of aliphatic hydroxyl groups is 2. The van der Waals surface area contributed by atoms with Crippen LogP contribution in [0.1, 0.15) is 26.7 Å². The molecule has 0 saturated heterocycles. The van der Waals surface area contributed by atoms with Gasteiger partial charge in [0.05, 0.1) is 0 Å². The van der Waals surface area contributed by atoms with Crippen molar-refractivity contribution in [2.45, 2.75) is 26.7 Å². The molecule has 0 aromatic heterocycles. The second kappa shape index (κ2) is 4.24. The van der Waals surface area contributed by atoms with Crippen LogP contribution < -0.4 is 0 Å². The Bertz CT molecular complexity index is 120. The second-order valence-electron chi connectivity index (χ2n) is 4.31. The maximum Gasteiger partial charge on any atom is 0.0462 e. The Hall–Kier alpha value is -0.0800. The van der Waals surface area contributed by atoms with Crippen molar-refractivity contribution in [3.8, 4) is 0 Å². The van der Waals surface area contributed by atoms with Gasteiger partial charge in [-0.3, -0.25) is 0 Å². The van der Waals surface area contributed by atoms with E-state index >= 15 is 0 Å². The first kappa shape index (κ1) is 10.0. The van der Waals surface area contributed by atoms with Crippen molar-refractivity contribution >= 4 is 0 Å². The van der Waals surface area contributed by atoms with Gasteiger partial charge in [-0.1, -0.05) is 13.8 Å². The van der Waals surface area contributed by atoms with Gasteiger partial charge in [0.25, 0.3) is 0 Å². The maximum absolute atomic E-state index is 9.09. The standard InChI is InChI=1S/C10H20O2/c1-7-3-9(5-11)10(6-12)4-8(7)2/h7-12H,3-6H2,1-2H3/t7-,8+,9-,10-/m0/s1. The first-order chi connectivity index (χ1) is 5.69. The molecule has 1 aliphatic carbocycles. The molecular weight excluding hydrogens is 152 g/mol. The van der Waals surface area contributed by atoms with Crippen LogP contribution in [0.4, 0.5) is 0 Å². The summed E-state index contributed by atoms with van der Waals surface area (Å²) in [5, 5.41) is 18.2. The lowest BCUT2D eigenvalue weighted by atomic mass is 9.70. The molecule has 0 spiro atoms. The SMILES string of the molecule is C[C@@H]1C[C@@H](CO)[C@H](CO)C[C@@H]1C. The molecular formula is C10H20O2. The lowest BCUT2D eigenvalue weighted by Crippen LogP contribution is -2.33. The summed E-state index contributed by atoms with van der Waals surface area (Å²) in [6.45, 7) is 4.95. The van der Waals surface area contributed by atoms with Gasteiger partial charge in [0.2, 0.25) is 0 Å². The Morgan fingerprint density at radius 3 is 1.50 bits per heavy atom. The van der Waals surface area contributed by atoms with Crippen LogP contribution in [0, 0.1) is 23.7 Å². The summed E-state index contributed by atoms with van der Waals surface area (Å²) >= 11 is 0. The van der Waals surface area contributed by atoms with Gasteiger partial charge in [-0.2, -0.15) is 0 Å². The van der Waals surface area contributed by atoms with Gasteiger partial charge in [-0.05, 0) is 36.5 Å². The van der Waals surface area contributed by atoms with E-state index in [4.69, 9.17) is 10.2 Å². The van der Waals surface area contributed by atoms with E-state index in [9.17, 15) is 0 Å². The van der Waals surface area contributed by atoms with Crippen LogP contribution in [0.15, 0.2) is 0 Å². The molecule has 1 saturated carbocycles. The summed E-state index contributed by atoms with van der Waals surface area (Å²) in [5.74, 6) is 2.07. The van der Waals surface area contributed by atoms with Gasteiger partial charge in [0.1, 0.15) is 0 Å². The zero-order valence-electron chi connectivity index (χ0n) is 8.03. The van der Waals surface area contributed by atoms with Crippen molar-refractivity contribution in [2.24, 2.45) is 23.7 Å². The predicted molar refractivity (Wildman–Crippen MR) is 48.7 cm³/mol. The van der Waals surface area contributed by atoms with Gasteiger partial charge >= 0.3 is 0 Å². The zero-order valence-corrected chi connectivity index (χ0v) is 8.03. The number of hydrogen-bond donors (Lipinski definition) is 2. The Morgan fingerprint density at radius 1 is 0.917 bits per heavy atom.